The molecule has 0 spiro atoms. The fraction of sp³-hybridized carbons (Fsp3) is 0.467. The number of carbonyl (C=O) groups excluding carboxylic acids is 2. The molecule has 8 heteroatoms. The summed E-state index contributed by atoms with van der Waals surface area (Å²) in [6.45, 7) is 8.74. The SMILES string of the molecule is COc1cc(COC(=O)CC=CC(C)C)ccc1O.COc1cc(COC(=O)CCCC(C)C)ccc1O. The van der Waals surface area contributed by atoms with Gasteiger partial charge >= 0.3 is 11.9 Å². The van der Waals surface area contributed by atoms with E-state index in [0.29, 0.717) is 29.8 Å². The van der Waals surface area contributed by atoms with Crippen molar-refractivity contribution < 1.29 is 38.7 Å². The van der Waals surface area contributed by atoms with Gasteiger partial charge in [0.1, 0.15) is 13.2 Å². The Kier molecular flexibility index (Phi) is 15.1. The molecule has 2 aromatic rings. The lowest BCUT2D eigenvalue weighted by molar-refractivity contribution is -0.145. The summed E-state index contributed by atoms with van der Waals surface area (Å²) < 4.78 is 20.3. The second-order valence-corrected chi connectivity index (χ2v) is 9.50. The van der Waals surface area contributed by atoms with E-state index in [1.165, 1.54) is 26.4 Å². The van der Waals surface area contributed by atoms with Crippen LogP contribution in [0.3, 0.4) is 0 Å². The third kappa shape index (κ3) is 13.6. The van der Waals surface area contributed by atoms with Crippen LogP contribution in [0.5, 0.6) is 23.0 Å². The van der Waals surface area contributed by atoms with E-state index in [9.17, 15) is 19.8 Å². The summed E-state index contributed by atoms with van der Waals surface area (Å²) in [5.41, 5.74) is 1.57. The molecule has 0 heterocycles. The van der Waals surface area contributed by atoms with Gasteiger partial charge in [0.15, 0.2) is 23.0 Å². The molecule has 0 bridgehead atoms. The van der Waals surface area contributed by atoms with Gasteiger partial charge in [0.25, 0.3) is 0 Å². The van der Waals surface area contributed by atoms with Crippen LogP contribution in [0.4, 0.5) is 0 Å². The maximum Gasteiger partial charge on any atom is 0.309 e. The Morgan fingerprint density at radius 3 is 1.76 bits per heavy atom. The lowest BCUT2D eigenvalue weighted by atomic mass is 10.1. The van der Waals surface area contributed by atoms with Gasteiger partial charge in [0.05, 0.1) is 20.6 Å². The van der Waals surface area contributed by atoms with Gasteiger partial charge in [-0.15, -0.1) is 0 Å². The van der Waals surface area contributed by atoms with Crippen LogP contribution in [0.25, 0.3) is 0 Å². The predicted octanol–water partition coefficient (Wildman–Crippen LogP) is 6.32. The molecule has 0 aromatic heterocycles. The van der Waals surface area contributed by atoms with Crippen molar-refractivity contribution in [1.82, 2.24) is 0 Å². The van der Waals surface area contributed by atoms with Crippen LogP contribution < -0.4 is 9.47 Å². The van der Waals surface area contributed by atoms with Crippen molar-refractivity contribution in [3.05, 3.63) is 59.7 Å². The normalized spacial score (nSPS) is 10.7. The Hall–Kier alpha value is -3.68. The molecule has 0 aliphatic carbocycles. The number of hydrogen-bond acceptors (Lipinski definition) is 8. The molecular weight excluding hydrogens is 488 g/mol. The maximum atomic E-state index is 11.5. The van der Waals surface area contributed by atoms with Gasteiger partial charge in [0, 0.05) is 6.42 Å². The molecule has 0 saturated carbocycles. The zero-order chi connectivity index (χ0) is 28.5. The highest BCUT2D eigenvalue weighted by molar-refractivity contribution is 5.71. The van der Waals surface area contributed by atoms with Gasteiger partial charge in [-0.3, -0.25) is 9.59 Å². The monoisotopic (exact) mass is 530 g/mol. The molecule has 0 atom stereocenters. The van der Waals surface area contributed by atoms with Gasteiger partial charge < -0.3 is 29.2 Å². The van der Waals surface area contributed by atoms with Gasteiger partial charge in [-0.05, 0) is 53.6 Å². The summed E-state index contributed by atoms with van der Waals surface area (Å²) in [4.78, 5) is 23.0. The Labute approximate surface area is 226 Å². The smallest absolute Gasteiger partial charge is 0.309 e. The highest BCUT2D eigenvalue weighted by atomic mass is 16.5. The van der Waals surface area contributed by atoms with Crippen molar-refractivity contribution in [1.29, 1.82) is 0 Å². The summed E-state index contributed by atoms with van der Waals surface area (Å²) in [6.07, 6.45) is 6.38. The molecule has 0 fully saturated rings. The second-order valence-electron chi connectivity index (χ2n) is 9.50. The van der Waals surface area contributed by atoms with Gasteiger partial charge in [-0.25, -0.2) is 0 Å². The van der Waals surface area contributed by atoms with E-state index in [0.717, 1.165) is 24.0 Å². The second kappa shape index (κ2) is 17.7. The van der Waals surface area contributed by atoms with Crippen molar-refractivity contribution >= 4 is 11.9 Å². The fourth-order valence-corrected chi connectivity index (χ4v) is 3.17. The van der Waals surface area contributed by atoms with Crippen molar-refractivity contribution in [3.63, 3.8) is 0 Å². The van der Waals surface area contributed by atoms with Crippen LogP contribution in [0, 0.1) is 11.8 Å². The molecule has 2 aromatic carbocycles. The molecule has 0 amide bonds. The first-order chi connectivity index (χ1) is 18.0. The quantitative estimate of drug-likeness (QED) is 0.229. The predicted molar refractivity (Wildman–Crippen MR) is 146 cm³/mol. The van der Waals surface area contributed by atoms with E-state index in [1.54, 1.807) is 24.3 Å². The van der Waals surface area contributed by atoms with Crippen molar-refractivity contribution in [2.45, 2.75) is 66.6 Å². The fourth-order valence-electron chi connectivity index (χ4n) is 3.17. The van der Waals surface area contributed by atoms with Crippen LogP contribution >= 0.6 is 0 Å². The minimum atomic E-state index is -0.274. The lowest BCUT2D eigenvalue weighted by Gasteiger charge is -2.08. The van der Waals surface area contributed by atoms with E-state index in [2.05, 4.69) is 13.8 Å². The Morgan fingerprint density at radius 2 is 1.32 bits per heavy atom. The van der Waals surface area contributed by atoms with E-state index < -0.39 is 0 Å². The standard InChI is InChI=1S/C15H22O4.C15H20O4/c2*1-11(2)5-4-6-15(17)19-10-12-7-8-13(16)14(9-12)18-3/h7-9,11,16H,4-6,10H2,1-3H3;4-5,7-9,11,16H,6,10H2,1-3H3. The highest BCUT2D eigenvalue weighted by Crippen LogP contribution is 2.27. The molecule has 38 heavy (non-hydrogen) atoms. The number of allylic oxidation sites excluding steroid dienone is 1. The van der Waals surface area contributed by atoms with Crippen LogP contribution in [0.2, 0.25) is 0 Å². The number of methoxy groups -OCH3 is 2. The van der Waals surface area contributed by atoms with Crippen molar-refractivity contribution in [2.24, 2.45) is 11.8 Å². The first-order valence-corrected chi connectivity index (χ1v) is 12.7. The van der Waals surface area contributed by atoms with Gasteiger partial charge in [0.2, 0.25) is 0 Å². The summed E-state index contributed by atoms with van der Waals surface area (Å²) in [7, 11) is 2.96. The number of phenols is 2. The Morgan fingerprint density at radius 1 is 0.816 bits per heavy atom. The number of rotatable bonds is 13. The minimum absolute atomic E-state index is 0.0671. The molecule has 0 saturated heterocycles. The first-order valence-electron chi connectivity index (χ1n) is 12.7. The van der Waals surface area contributed by atoms with E-state index in [4.69, 9.17) is 18.9 Å². The number of aromatic hydroxyl groups is 2. The molecule has 0 aliphatic rings. The molecule has 8 nitrogen and oxygen atoms in total. The summed E-state index contributed by atoms with van der Waals surface area (Å²) >= 11 is 0. The topological polar surface area (TPSA) is 112 Å². The Bertz CT molecular complexity index is 1030. The van der Waals surface area contributed by atoms with E-state index in [-0.39, 0.29) is 43.1 Å². The van der Waals surface area contributed by atoms with Crippen LogP contribution in [0.1, 0.15) is 64.5 Å². The maximum absolute atomic E-state index is 11.5. The average Bonchev–Trinajstić information content (AvgIpc) is 2.87. The number of esters is 2. The van der Waals surface area contributed by atoms with Crippen molar-refractivity contribution in [3.8, 4) is 23.0 Å². The van der Waals surface area contributed by atoms with Gasteiger partial charge in [-0.2, -0.15) is 0 Å². The van der Waals surface area contributed by atoms with Crippen LogP contribution in [0.15, 0.2) is 48.6 Å². The number of ether oxygens (including phenoxy) is 4. The largest absolute Gasteiger partial charge is 0.504 e. The van der Waals surface area contributed by atoms with E-state index >= 15 is 0 Å². The van der Waals surface area contributed by atoms with Crippen LogP contribution in [-0.4, -0.2) is 36.4 Å². The average molecular weight is 531 g/mol. The molecule has 0 aliphatic heterocycles. The summed E-state index contributed by atoms with van der Waals surface area (Å²) in [5, 5.41) is 18.9. The van der Waals surface area contributed by atoms with Crippen LogP contribution in [-0.2, 0) is 32.3 Å². The number of hydrogen-bond donors (Lipinski definition) is 2. The molecule has 0 radical (unpaired) electrons. The first kappa shape index (κ1) is 32.3. The number of benzene rings is 2. The molecule has 2 rings (SSSR count). The third-order valence-electron chi connectivity index (χ3n) is 5.26. The van der Waals surface area contributed by atoms with Crippen molar-refractivity contribution in [2.75, 3.05) is 14.2 Å². The zero-order valence-corrected chi connectivity index (χ0v) is 23.4. The summed E-state index contributed by atoms with van der Waals surface area (Å²) in [5.74, 6) is 1.47. The van der Waals surface area contributed by atoms with Gasteiger partial charge in [-0.1, -0.05) is 58.4 Å². The highest BCUT2D eigenvalue weighted by Gasteiger charge is 2.07. The number of carbonyl (C=O) groups is 2. The molecule has 0 unspecified atom stereocenters. The van der Waals surface area contributed by atoms with E-state index in [1.807, 2.05) is 26.0 Å². The minimum Gasteiger partial charge on any atom is -0.504 e. The molecular formula is C30H42O8. The lowest BCUT2D eigenvalue weighted by Crippen LogP contribution is -2.05. The number of phenolic OH excluding ortho intramolecular Hbond substituents is 2. The zero-order valence-electron chi connectivity index (χ0n) is 23.4. The molecule has 210 valence electrons. The molecule has 2 N–H and O–H groups in total. The Balaban J connectivity index is 0.000000380. The summed E-state index contributed by atoms with van der Waals surface area (Å²) in [6, 6.07) is 9.75. The third-order valence-corrected chi connectivity index (χ3v) is 5.26.